The molecule has 1 amide bonds. The molecule has 4 rings (SSSR count). The highest BCUT2D eigenvalue weighted by atomic mass is 16.5. The van der Waals surface area contributed by atoms with Gasteiger partial charge in [0.25, 0.3) is 5.91 Å². The second-order valence-corrected chi connectivity index (χ2v) is 7.33. The Labute approximate surface area is 174 Å². The average molecular weight is 405 g/mol. The Morgan fingerprint density at radius 2 is 1.80 bits per heavy atom. The standard InChI is InChI=1S/C23H23N3O4/c1-14-5-3-7-17-20(14)18(22(27)26-9-11-30-12-10-26)13-24-21(17)25-19-8-4-6-16(15(19)2)23(28)29/h3-8,13H,9-12H2,1-2H3,(H,24,25)(H,28,29). The minimum atomic E-state index is -0.976. The summed E-state index contributed by atoms with van der Waals surface area (Å²) in [6, 6.07) is 10.9. The van der Waals surface area contributed by atoms with E-state index in [0.717, 1.165) is 16.3 Å². The Morgan fingerprint density at radius 1 is 1.07 bits per heavy atom. The maximum atomic E-state index is 13.2. The number of rotatable bonds is 4. The van der Waals surface area contributed by atoms with Crippen molar-refractivity contribution in [2.45, 2.75) is 13.8 Å². The third-order valence-electron chi connectivity index (χ3n) is 5.47. The summed E-state index contributed by atoms with van der Waals surface area (Å²) in [5.41, 5.74) is 3.07. The molecular formula is C23H23N3O4. The average Bonchev–Trinajstić information content (AvgIpc) is 2.75. The number of nitrogens with zero attached hydrogens (tertiary/aromatic N) is 2. The van der Waals surface area contributed by atoms with Crippen molar-refractivity contribution in [3.05, 3.63) is 64.8 Å². The van der Waals surface area contributed by atoms with Gasteiger partial charge in [-0.05, 0) is 37.1 Å². The number of hydrogen-bond donors (Lipinski definition) is 2. The minimum absolute atomic E-state index is 0.0549. The maximum Gasteiger partial charge on any atom is 0.336 e. The van der Waals surface area contributed by atoms with Gasteiger partial charge < -0.3 is 20.1 Å². The molecule has 1 aliphatic rings. The monoisotopic (exact) mass is 405 g/mol. The lowest BCUT2D eigenvalue weighted by Crippen LogP contribution is -2.40. The van der Waals surface area contributed by atoms with Gasteiger partial charge in [0.2, 0.25) is 0 Å². The van der Waals surface area contributed by atoms with E-state index in [9.17, 15) is 14.7 Å². The van der Waals surface area contributed by atoms with E-state index in [0.29, 0.717) is 48.9 Å². The van der Waals surface area contributed by atoms with Gasteiger partial charge in [-0.3, -0.25) is 4.79 Å². The van der Waals surface area contributed by atoms with Crippen molar-refractivity contribution >= 4 is 34.2 Å². The molecule has 0 unspecified atom stereocenters. The number of aryl methyl sites for hydroxylation is 1. The van der Waals surface area contributed by atoms with Gasteiger partial charge in [-0.2, -0.15) is 0 Å². The van der Waals surface area contributed by atoms with Gasteiger partial charge in [0.15, 0.2) is 0 Å². The summed E-state index contributed by atoms with van der Waals surface area (Å²) in [4.78, 5) is 30.9. The van der Waals surface area contributed by atoms with Gasteiger partial charge in [0, 0.05) is 35.7 Å². The fraction of sp³-hybridized carbons (Fsp3) is 0.261. The molecule has 0 radical (unpaired) electrons. The first kappa shape index (κ1) is 19.8. The highest BCUT2D eigenvalue weighted by Gasteiger charge is 2.23. The molecule has 2 aromatic carbocycles. The highest BCUT2D eigenvalue weighted by Crippen LogP contribution is 2.31. The number of ether oxygens (including phenoxy) is 1. The van der Waals surface area contributed by atoms with E-state index in [1.165, 1.54) is 0 Å². The van der Waals surface area contributed by atoms with Crippen LogP contribution in [0.1, 0.15) is 31.8 Å². The van der Waals surface area contributed by atoms with Crippen LogP contribution in [0.2, 0.25) is 0 Å². The van der Waals surface area contributed by atoms with Gasteiger partial charge >= 0.3 is 5.97 Å². The zero-order valence-electron chi connectivity index (χ0n) is 16.9. The third kappa shape index (κ3) is 3.59. The largest absolute Gasteiger partial charge is 0.478 e. The number of aromatic nitrogens is 1. The molecule has 1 aromatic heterocycles. The molecule has 2 N–H and O–H groups in total. The fourth-order valence-electron chi connectivity index (χ4n) is 3.81. The number of aromatic carboxylic acids is 1. The van der Waals surface area contributed by atoms with E-state index in [4.69, 9.17) is 4.74 Å². The number of pyridine rings is 1. The van der Waals surface area contributed by atoms with Gasteiger partial charge in [-0.25, -0.2) is 9.78 Å². The van der Waals surface area contributed by atoms with Crippen LogP contribution in [0.15, 0.2) is 42.6 Å². The molecule has 1 fully saturated rings. The van der Waals surface area contributed by atoms with Crippen LogP contribution in [0.5, 0.6) is 0 Å². The van der Waals surface area contributed by atoms with Crippen LogP contribution in [0.4, 0.5) is 11.5 Å². The summed E-state index contributed by atoms with van der Waals surface area (Å²) in [5, 5.41) is 14.3. The Balaban J connectivity index is 1.78. The lowest BCUT2D eigenvalue weighted by Gasteiger charge is -2.27. The normalized spacial score (nSPS) is 14.0. The molecule has 7 heteroatoms. The van der Waals surface area contributed by atoms with E-state index in [2.05, 4.69) is 10.3 Å². The van der Waals surface area contributed by atoms with Crippen LogP contribution in [-0.2, 0) is 4.74 Å². The topological polar surface area (TPSA) is 91.8 Å². The Hall–Kier alpha value is -3.45. The maximum absolute atomic E-state index is 13.2. The summed E-state index contributed by atoms with van der Waals surface area (Å²) in [6.07, 6.45) is 1.60. The second kappa shape index (κ2) is 8.12. The molecule has 0 spiro atoms. The molecule has 3 aromatic rings. The number of carboxylic acid groups (broad SMARTS) is 1. The van der Waals surface area contributed by atoms with Gasteiger partial charge in [-0.1, -0.05) is 24.3 Å². The van der Waals surface area contributed by atoms with Crippen LogP contribution in [0.25, 0.3) is 10.8 Å². The summed E-state index contributed by atoms with van der Waals surface area (Å²) in [5.74, 6) is -0.449. The predicted octanol–water partition coefficient (Wildman–Crippen LogP) is 3.77. The van der Waals surface area contributed by atoms with Gasteiger partial charge in [0.1, 0.15) is 5.82 Å². The van der Waals surface area contributed by atoms with Crippen LogP contribution < -0.4 is 5.32 Å². The summed E-state index contributed by atoms with van der Waals surface area (Å²) >= 11 is 0. The summed E-state index contributed by atoms with van der Waals surface area (Å²) in [6.45, 7) is 5.93. The van der Waals surface area contributed by atoms with Crippen molar-refractivity contribution in [2.75, 3.05) is 31.6 Å². The zero-order chi connectivity index (χ0) is 21.3. The smallest absolute Gasteiger partial charge is 0.336 e. The molecule has 1 aliphatic heterocycles. The summed E-state index contributed by atoms with van der Waals surface area (Å²) < 4.78 is 5.36. The van der Waals surface area contributed by atoms with E-state index in [-0.39, 0.29) is 11.5 Å². The Morgan fingerprint density at radius 3 is 2.53 bits per heavy atom. The zero-order valence-corrected chi connectivity index (χ0v) is 16.9. The van der Waals surface area contributed by atoms with Crippen molar-refractivity contribution in [2.24, 2.45) is 0 Å². The van der Waals surface area contributed by atoms with Gasteiger partial charge in [0.05, 0.1) is 24.3 Å². The molecule has 0 atom stereocenters. The van der Waals surface area contributed by atoms with Crippen molar-refractivity contribution < 1.29 is 19.4 Å². The van der Waals surface area contributed by atoms with E-state index in [1.54, 1.807) is 30.2 Å². The highest BCUT2D eigenvalue weighted by molar-refractivity contribution is 6.11. The van der Waals surface area contributed by atoms with E-state index < -0.39 is 5.97 Å². The lowest BCUT2D eigenvalue weighted by atomic mass is 10.0. The fourth-order valence-corrected chi connectivity index (χ4v) is 3.81. The molecule has 1 saturated heterocycles. The SMILES string of the molecule is Cc1c(Nc2ncc(C(=O)N3CCOCC3)c3c(C)cccc23)cccc1C(=O)O. The number of amides is 1. The number of carbonyl (C=O) groups excluding carboxylic acids is 1. The molecule has 7 nitrogen and oxygen atoms in total. The number of carboxylic acids is 1. The van der Waals surface area contributed by atoms with E-state index >= 15 is 0 Å². The number of fused-ring (bicyclic) bond motifs is 1. The number of hydrogen-bond acceptors (Lipinski definition) is 5. The Bertz CT molecular complexity index is 1140. The number of nitrogens with one attached hydrogen (secondary N) is 1. The Kier molecular flexibility index (Phi) is 5.37. The quantitative estimate of drug-likeness (QED) is 0.687. The molecular weight excluding hydrogens is 382 g/mol. The van der Waals surface area contributed by atoms with Crippen LogP contribution >= 0.6 is 0 Å². The first-order valence-corrected chi connectivity index (χ1v) is 9.82. The van der Waals surface area contributed by atoms with Gasteiger partial charge in [-0.15, -0.1) is 0 Å². The van der Waals surface area contributed by atoms with Crippen molar-refractivity contribution in [3.63, 3.8) is 0 Å². The number of carbonyl (C=O) groups is 2. The predicted molar refractivity (Wildman–Crippen MR) is 115 cm³/mol. The number of anilines is 2. The molecule has 0 bridgehead atoms. The number of morpholine rings is 1. The molecule has 154 valence electrons. The first-order valence-electron chi connectivity index (χ1n) is 9.82. The van der Waals surface area contributed by atoms with Crippen LogP contribution in [0.3, 0.4) is 0 Å². The van der Waals surface area contributed by atoms with Crippen molar-refractivity contribution in [1.82, 2.24) is 9.88 Å². The van der Waals surface area contributed by atoms with Crippen molar-refractivity contribution in [1.29, 1.82) is 0 Å². The molecule has 0 saturated carbocycles. The summed E-state index contributed by atoms with van der Waals surface area (Å²) in [7, 11) is 0. The minimum Gasteiger partial charge on any atom is -0.478 e. The molecule has 0 aliphatic carbocycles. The van der Waals surface area contributed by atoms with Crippen LogP contribution in [-0.4, -0.2) is 53.2 Å². The molecule has 30 heavy (non-hydrogen) atoms. The second-order valence-electron chi connectivity index (χ2n) is 7.33. The third-order valence-corrected chi connectivity index (χ3v) is 5.47. The van der Waals surface area contributed by atoms with Crippen molar-refractivity contribution in [3.8, 4) is 0 Å². The first-order chi connectivity index (χ1) is 14.5. The van der Waals surface area contributed by atoms with Crippen LogP contribution in [0, 0.1) is 13.8 Å². The van der Waals surface area contributed by atoms with E-state index in [1.807, 2.05) is 31.2 Å². The molecule has 2 heterocycles. The number of benzene rings is 2. The lowest BCUT2D eigenvalue weighted by molar-refractivity contribution is 0.0304.